The molecule has 0 aliphatic carbocycles. The third-order valence-corrected chi connectivity index (χ3v) is 4.18. The summed E-state index contributed by atoms with van der Waals surface area (Å²) >= 11 is 0. The Morgan fingerprint density at radius 3 is 2.76 bits per heavy atom. The predicted molar refractivity (Wildman–Crippen MR) is 87.0 cm³/mol. The Morgan fingerprint density at radius 2 is 2.19 bits per heavy atom. The maximum Gasteiger partial charge on any atom is 0.227 e. The van der Waals surface area contributed by atoms with E-state index in [1.807, 2.05) is 30.0 Å². The maximum absolute atomic E-state index is 12.4. The van der Waals surface area contributed by atoms with E-state index in [1.165, 1.54) is 0 Å². The number of carbonyl (C=O) groups is 1. The van der Waals surface area contributed by atoms with Gasteiger partial charge in [-0.2, -0.15) is 0 Å². The summed E-state index contributed by atoms with van der Waals surface area (Å²) in [6.07, 6.45) is 1.38. The molecule has 1 aromatic rings. The number of benzene rings is 1. The summed E-state index contributed by atoms with van der Waals surface area (Å²) in [5.41, 5.74) is 7.96. The fourth-order valence-corrected chi connectivity index (χ4v) is 2.72. The zero-order chi connectivity index (χ0) is 14.8. The standard InChI is InChI=1S/C16H24N2O2.ClH/c1-12-4-5-14(20-3)13(8-12)9-15(19)18-7-6-16(2,10-17)11-18;/h4-5,8H,6-7,9-11,17H2,1-3H3;1H. The SMILES string of the molecule is COc1ccc(C)cc1CC(=O)N1CCC(C)(CN)C1.Cl. The highest BCUT2D eigenvalue weighted by Crippen LogP contribution is 2.29. The second-order valence-corrected chi connectivity index (χ2v) is 6.07. The Morgan fingerprint density at radius 1 is 1.48 bits per heavy atom. The van der Waals surface area contributed by atoms with Crippen LogP contribution in [0.1, 0.15) is 24.5 Å². The van der Waals surface area contributed by atoms with Gasteiger partial charge < -0.3 is 15.4 Å². The van der Waals surface area contributed by atoms with Crippen LogP contribution in [0.4, 0.5) is 0 Å². The van der Waals surface area contributed by atoms with Crippen LogP contribution < -0.4 is 10.5 Å². The van der Waals surface area contributed by atoms with Gasteiger partial charge in [0.25, 0.3) is 0 Å². The lowest BCUT2D eigenvalue weighted by molar-refractivity contribution is -0.129. The molecule has 0 saturated carbocycles. The third-order valence-electron chi connectivity index (χ3n) is 4.18. The van der Waals surface area contributed by atoms with E-state index in [0.717, 1.165) is 36.4 Å². The van der Waals surface area contributed by atoms with Crippen LogP contribution in [0, 0.1) is 12.3 Å². The van der Waals surface area contributed by atoms with Gasteiger partial charge in [-0.1, -0.05) is 24.6 Å². The first-order chi connectivity index (χ1) is 9.47. The van der Waals surface area contributed by atoms with Crippen LogP contribution in [0.5, 0.6) is 5.75 Å². The van der Waals surface area contributed by atoms with E-state index >= 15 is 0 Å². The number of nitrogens with zero attached hydrogens (tertiary/aromatic N) is 1. The number of hydrogen-bond acceptors (Lipinski definition) is 3. The number of methoxy groups -OCH3 is 1. The highest BCUT2D eigenvalue weighted by atomic mass is 35.5. The Balaban J connectivity index is 0.00000220. The number of nitrogens with two attached hydrogens (primary N) is 1. The van der Waals surface area contributed by atoms with Gasteiger partial charge in [-0.15, -0.1) is 12.4 Å². The summed E-state index contributed by atoms with van der Waals surface area (Å²) in [6, 6.07) is 5.94. The molecule has 1 unspecified atom stereocenters. The summed E-state index contributed by atoms with van der Waals surface area (Å²) < 4.78 is 5.34. The minimum atomic E-state index is 0. The van der Waals surface area contributed by atoms with E-state index in [-0.39, 0.29) is 23.7 Å². The van der Waals surface area contributed by atoms with Crippen molar-refractivity contribution in [2.24, 2.45) is 11.1 Å². The molecule has 0 aromatic heterocycles. The monoisotopic (exact) mass is 312 g/mol. The van der Waals surface area contributed by atoms with E-state index < -0.39 is 0 Å². The molecule has 1 aliphatic rings. The van der Waals surface area contributed by atoms with Crippen LogP contribution >= 0.6 is 12.4 Å². The molecule has 2 N–H and O–H groups in total. The van der Waals surface area contributed by atoms with Gasteiger partial charge >= 0.3 is 0 Å². The summed E-state index contributed by atoms with van der Waals surface area (Å²) in [5.74, 6) is 0.941. The van der Waals surface area contributed by atoms with Crippen molar-refractivity contribution in [2.45, 2.75) is 26.7 Å². The van der Waals surface area contributed by atoms with Crippen molar-refractivity contribution < 1.29 is 9.53 Å². The molecule has 1 atom stereocenters. The van der Waals surface area contributed by atoms with E-state index in [0.29, 0.717) is 13.0 Å². The molecule has 4 nitrogen and oxygen atoms in total. The van der Waals surface area contributed by atoms with Gasteiger partial charge in [0.05, 0.1) is 13.5 Å². The number of ether oxygens (including phenoxy) is 1. The molecule has 1 saturated heterocycles. The second kappa shape index (κ2) is 7.14. The smallest absolute Gasteiger partial charge is 0.227 e. The Hall–Kier alpha value is -1.26. The van der Waals surface area contributed by atoms with E-state index in [2.05, 4.69) is 6.92 Å². The molecule has 1 amide bonds. The van der Waals surface area contributed by atoms with Crippen molar-refractivity contribution in [3.8, 4) is 5.75 Å². The second-order valence-electron chi connectivity index (χ2n) is 6.07. The average Bonchev–Trinajstić information content (AvgIpc) is 2.83. The minimum absolute atomic E-state index is 0. The van der Waals surface area contributed by atoms with Gasteiger partial charge in [0.1, 0.15) is 5.75 Å². The van der Waals surface area contributed by atoms with Crippen molar-refractivity contribution in [2.75, 3.05) is 26.7 Å². The fourth-order valence-electron chi connectivity index (χ4n) is 2.72. The molecule has 1 heterocycles. The maximum atomic E-state index is 12.4. The number of halogens is 1. The third kappa shape index (κ3) is 4.11. The summed E-state index contributed by atoms with van der Waals surface area (Å²) in [7, 11) is 1.64. The molecule has 2 rings (SSSR count). The van der Waals surface area contributed by atoms with Crippen molar-refractivity contribution in [3.05, 3.63) is 29.3 Å². The Kier molecular flexibility index (Phi) is 6.05. The highest BCUT2D eigenvalue weighted by molar-refractivity contribution is 5.85. The quantitative estimate of drug-likeness (QED) is 0.927. The van der Waals surface area contributed by atoms with Crippen molar-refractivity contribution >= 4 is 18.3 Å². The van der Waals surface area contributed by atoms with Crippen molar-refractivity contribution in [1.82, 2.24) is 4.90 Å². The van der Waals surface area contributed by atoms with E-state index in [1.54, 1.807) is 7.11 Å². The van der Waals surface area contributed by atoms with Crippen molar-refractivity contribution in [3.63, 3.8) is 0 Å². The van der Waals surface area contributed by atoms with Gasteiger partial charge in [0, 0.05) is 18.7 Å². The van der Waals surface area contributed by atoms with E-state index in [4.69, 9.17) is 10.5 Å². The summed E-state index contributed by atoms with van der Waals surface area (Å²) in [5, 5.41) is 0. The van der Waals surface area contributed by atoms with Crippen LogP contribution in [-0.2, 0) is 11.2 Å². The number of hydrogen-bond donors (Lipinski definition) is 1. The molecule has 1 aliphatic heterocycles. The number of likely N-dealkylation sites (tertiary alicyclic amines) is 1. The number of carbonyl (C=O) groups excluding carboxylic acids is 1. The topological polar surface area (TPSA) is 55.6 Å². The van der Waals surface area contributed by atoms with Crippen LogP contribution in [0.25, 0.3) is 0 Å². The van der Waals surface area contributed by atoms with E-state index in [9.17, 15) is 4.79 Å². The van der Waals surface area contributed by atoms with Crippen LogP contribution in [0.2, 0.25) is 0 Å². The molecule has 118 valence electrons. The zero-order valence-corrected chi connectivity index (χ0v) is 13.8. The molecule has 0 spiro atoms. The van der Waals surface area contributed by atoms with Gasteiger partial charge in [0.2, 0.25) is 5.91 Å². The first kappa shape index (κ1) is 17.8. The molecule has 1 fully saturated rings. The number of amides is 1. The molecule has 5 heteroatoms. The molecule has 1 aromatic carbocycles. The summed E-state index contributed by atoms with van der Waals surface area (Å²) in [6.45, 7) is 6.37. The highest BCUT2D eigenvalue weighted by Gasteiger charge is 2.34. The van der Waals surface area contributed by atoms with Gasteiger partial charge in [0.15, 0.2) is 0 Å². The molecular formula is C16H25ClN2O2. The first-order valence-corrected chi connectivity index (χ1v) is 7.09. The Labute approximate surface area is 133 Å². The van der Waals surface area contributed by atoms with Gasteiger partial charge in [-0.3, -0.25) is 4.79 Å². The van der Waals surface area contributed by atoms with Gasteiger partial charge in [-0.25, -0.2) is 0 Å². The largest absolute Gasteiger partial charge is 0.496 e. The van der Waals surface area contributed by atoms with Gasteiger partial charge in [-0.05, 0) is 31.4 Å². The Bertz CT molecular complexity index is 507. The molecule has 21 heavy (non-hydrogen) atoms. The number of aryl methyl sites for hydroxylation is 1. The molecule has 0 radical (unpaired) electrons. The molecular weight excluding hydrogens is 288 g/mol. The minimum Gasteiger partial charge on any atom is -0.496 e. The first-order valence-electron chi connectivity index (χ1n) is 7.09. The zero-order valence-electron chi connectivity index (χ0n) is 13.0. The van der Waals surface area contributed by atoms with Crippen LogP contribution in [0.3, 0.4) is 0 Å². The predicted octanol–water partition coefficient (Wildman–Crippen LogP) is 2.17. The lowest BCUT2D eigenvalue weighted by Gasteiger charge is -2.23. The van der Waals surface area contributed by atoms with Crippen LogP contribution in [0.15, 0.2) is 18.2 Å². The van der Waals surface area contributed by atoms with Crippen LogP contribution in [-0.4, -0.2) is 37.6 Å². The lowest BCUT2D eigenvalue weighted by atomic mass is 9.90. The summed E-state index contributed by atoms with van der Waals surface area (Å²) in [4.78, 5) is 14.4. The number of rotatable bonds is 4. The fraction of sp³-hybridized carbons (Fsp3) is 0.562. The normalized spacial score (nSPS) is 21.0. The molecule has 0 bridgehead atoms. The lowest BCUT2D eigenvalue weighted by Crippen LogP contribution is -2.35. The van der Waals surface area contributed by atoms with Crippen molar-refractivity contribution in [1.29, 1.82) is 0 Å². The average molecular weight is 313 g/mol.